The first-order valence-corrected chi connectivity index (χ1v) is 6.90. The highest BCUT2D eigenvalue weighted by Crippen LogP contribution is 2.31. The summed E-state index contributed by atoms with van der Waals surface area (Å²) in [7, 11) is 0. The molecule has 1 fully saturated rings. The maximum Gasteiger partial charge on any atom is 0.307 e. The third kappa shape index (κ3) is 3.45. The van der Waals surface area contributed by atoms with Gasteiger partial charge in [0.2, 0.25) is 11.9 Å². The largest absolute Gasteiger partial charge is 0.481 e. The van der Waals surface area contributed by atoms with Crippen LogP contribution in [-0.4, -0.2) is 27.0 Å². The molecule has 7 heteroatoms. The zero-order chi connectivity index (χ0) is 14.7. The fourth-order valence-electron chi connectivity index (χ4n) is 2.53. The average molecular weight is 298 g/mol. The summed E-state index contributed by atoms with van der Waals surface area (Å²) in [6.07, 6.45) is 2.80. The molecule has 0 spiro atoms. The minimum atomic E-state index is -0.923. The molecule has 1 saturated carbocycles. The molecule has 0 saturated heterocycles. The molecule has 1 aromatic rings. The lowest BCUT2D eigenvalue weighted by Gasteiger charge is -2.27. The lowest BCUT2D eigenvalue weighted by Crippen LogP contribution is -2.36. The average Bonchev–Trinajstić information content (AvgIpc) is 2.37. The standard InChI is InChI=1S/C13H16ClN3O3/c1-7-6-10(14)16-13(15-7)17-11(18)8-4-2-3-5-9(8)12(19)20/h6,8-9H,2-5H2,1H3,(H,19,20)(H,15,16,17,18). The van der Waals surface area contributed by atoms with Gasteiger partial charge in [-0.3, -0.25) is 14.9 Å². The number of carboxylic acids is 1. The summed E-state index contributed by atoms with van der Waals surface area (Å²) in [5.74, 6) is -2.32. The van der Waals surface area contributed by atoms with E-state index >= 15 is 0 Å². The van der Waals surface area contributed by atoms with Gasteiger partial charge in [0.25, 0.3) is 0 Å². The van der Waals surface area contributed by atoms with Crippen LogP contribution in [0.3, 0.4) is 0 Å². The van der Waals surface area contributed by atoms with Crippen molar-refractivity contribution < 1.29 is 14.7 Å². The molecule has 0 aromatic carbocycles. The van der Waals surface area contributed by atoms with Gasteiger partial charge in [0.15, 0.2) is 0 Å². The topological polar surface area (TPSA) is 92.2 Å². The van der Waals surface area contributed by atoms with Crippen molar-refractivity contribution in [1.29, 1.82) is 0 Å². The number of halogens is 1. The molecule has 0 radical (unpaired) electrons. The molecule has 2 N–H and O–H groups in total. The Balaban J connectivity index is 2.11. The number of hydrogen-bond acceptors (Lipinski definition) is 4. The SMILES string of the molecule is Cc1cc(Cl)nc(NC(=O)C2CCCCC2C(=O)O)n1. The van der Waals surface area contributed by atoms with Gasteiger partial charge in [0.1, 0.15) is 5.15 Å². The van der Waals surface area contributed by atoms with Crippen LogP contribution in [0, 0.1) is 18.8 Å². The number of carbonyl (C=O) groups is 2. The second-order valence-electron chi connectivity index (χ2n) is 4.98. The molecule has 2 unspecified atom stereocenters. The Hall–Kier alpha value is -1.69. The van der Waals surface area contributed by atoms with E-state index in [1.165, 1.54) is 0 Å². The fourth-order valence-corrected chi connectivity index (χ4v) is 2.77. The molecule has 20 heavy (non-hydrogen) atoms. The highest BCUT2D eigenvalue weighted by molar-refractivity contribution is 6.29. The van der Waals surface area contributed by atoms with E-state index < -0.39 is 17.8 Å². The zero-order valence-electron chi connectivity index (χ0n) is 11.1. The number of nitrogens with one attached hydrogen (secondary N) is 1. The number of aliphatic carboxylic acids is 1. The molecule has 1 heterocycles. The highest BCUT2D eigenvalue weighted by atomic mass is 35.5. The maximum absolute atomic E-state index is 12.2. The van der Waals surface area contributed by atoms with Gasteiger partial charge in [-0.15, -0.1) is 0 Å². The van der Waals surface area contributed by atoms with Crippen molar-refractivity contribution >= 4 is 29.4 Å². The van der Waals surface area contributed by atoms with Crippen molar-refractivity contribution in [2.75, 3.05) is 5.32 Å². The number of carboxylic acid groups (broad SMARTS) is 1. The van der Waals surface area contributed by atoms with Gasteiger partial charge < -0.3 is 5.11 Å². The Labute approximate surface area is 121 Å². The maximum atomic E-state index is 12.2. The van der Waals surface area contributed by atoms with Crippen molar-refractivity contribution in [3.8, 4) is 0 Å². The van der Waals surface area contributed by atoms with E-state index in [2.05, 4.69) is 15.3 Å². The number of aryl methyl sites for hydroxylation is 1. The summed E-state index contributed by atoms with van der Waals surface area (Å²) in [5, 5.41) is 12.0. The van der Waals surface area contributed by atoms with Gasteiger partial charge in [0.05, 0.1) is 11.8 Å². The van der Waals surface area contributed by atoms with Gasteiger partial charge in [-0.25, -0.2) is 9.97 Å². The first-order chi connectivity index (χ1) is 9.47. The van der Waals surface area contributed by atoms with E-state index in [9.17, 15) is 14.7 Å². The number of nitrogens with zero attached hydrogens (tertiary/aromatic N) is 2. The number of hydrogen-bond donors (Lipinski definition) is 2. The van der Waals surface area contributed by atoms with Crippen LogP contribution in [0.25, 0.3) is 0 Å². The molecule has 2 rings (SSSR count). The summed E-state index contributed by atoms with van der Waals surface area (Å²) in [4.78, 5) is 31.4. The van der Waals surface area contributed by atoms with Crippen molar-refractivity contribution in [1.82, 2.24) is 9.97 Å². The Kier molecular flexibility index (Phi) is 4.54. The van der Waals surface area contributed by atoms with Crippen LogP contribution in [-0.2, 0) is 9.59 Å². The number of anilines is 1. The molecule has 1 amide bonds. The minimum absolute atomic E-state index is 0.120. The first kappa shape index (κ1) is 14.7. The van der Waals surface area contributed by atoms with E-state index in [0.29, 0.717) is 18.5 Å². The molecular weight excluding hydrogens is 282 g/mol. The monoisotopic (exact) mass is 297 g/mol. The quantitative estimate of drug-likeness (QED) is 0.835. The fraction of sp³-hybridized carbons (Fsp3) is 0.538. The zero-order valence-corrected chi connectivity index (χ0v) is 11.9. The predicted octanol–water partition coefficient (Wildman–Crippen LogP) is 2.27. The van der Waals surface area contributed by atoms with Crippen molar-refractivity contribution in [3.05, 3.63) is 16.9 Å². The van der Waals surface area contributed by atoms with Crippen molar-refractivity contribution in [2.45, 2.75) is 32.6 Å². The van der Waals surface area contributed by atoms with Gasteiger partial charge >= 0.3 is 5.97 Å². The van der Waals surface area contributed by atoms with E-state index in [-0.39, 0.29) is 17.0 Å². The van der Waals surface area contributed by atoms with Gasteiger partial charge in [-0.05, 0) is 25.8 Å². The molecule has 0 bridgehead atoms. The van der Waals surface area contributed by atoms with E-state index in [4.69, 9.17) is 11.6 Å². The Morgan fingerprint density at radius 2 is 1.95 bits per heavy atom. The molecular formula is C13H16ClN3O3. The van der Waals surface area contributed by atoms with E-state index in [0.717, 1.165) is 12.8 Å². The summed E-state index contributed by atoms with van der Waals surface area (Å²) < 4.78 is 0. The summed E-state index contributed by atoms with van der Waals surface area (Å²) in [6.45, 7) is 1.74. The van der Waals surface area contributed by atoms with Crippen LogP contribution >= 0.6 is 11.6 Å². The van der Waals surface area contributed by atoms with Crippen LogP contribution < -0.4 is 5.32 Å². The third-order valence-electron chi connectivity index (χ3n) is 3.48. The Morgan fingerprint density at radius 1 is 1.30 bits per heavy atom. The van der Waals surface area contributed by atoms with E-state index in [1.807, 2.05) is 0 Å². The van der Waals surface area contributed by atoms with Gasteiger partial charge in [-0.1, -0.05) is 24.4 Å². The lowest BCUT2D eigenvalue weighted by molar-refractivity contribution is -0.147. The Bertz CT molecular complexity index is 515. The van der Waals surface area contributed by atoms with Crippen molar-refractivity contribution in [2.24, 2.45) is 11.8 Å². The van der Waals surface area contributed by atoms with E-state index in [1.54, 1.807) is 13.0 Å². The lowest BCUT2D eigenvalue weighted by atomic mass is 9.79. The highest BCUT2D eigenvalue weighted by Gasteiger charge is 2.35. The predicted molar refractivity (Wildman–Crippen MR) is 73.5 cm³/mol. The third-order valence-corrected chi connectivity index (χ3v) is 3.67. The normalized spacial score (nSPS) is 22.3. The molecule has 1 aliphatic rings. The number of rotatable bonds is 3. The second-order valence-corrected chi connectivity index (χ2v) is 5.37. The van der Waals surface area contributed by atoms with Crippen LogP contribution in [0.5, 0.6) is 0 Å². The molecule has 1 aromatic heterocycles. The Morgan fingerprint density at radius 3 is 2.55 bits per heavy atom. The molecule has 1 aliphatic carbocycles. The number of aromatic nitrogens is 2. The van der Waals surface area contributed by atoms with Crippen LogP contribution in [0.4, 0.5) is 5.95 Å². The first-order valence-electron chi connectivity index (χ1n) is 6.52. The number of carbonyl (C=O) groups excluding carboxylic acids is 1. The van der Waals surface area contributed by atoms with Crippen LogP contribution in [0.2, 0.25) is 5.15 Å². The van der Waals surface area contributed by atoms with Crippen LogP contribution in [0.15, 0.2) is 6.07 Å². The van der Waals surface area contributed by atoms with Crippen LogP contribution in [0.1, 0.15) is 31.4 Å². The summed E-state index contributed by atoms with van der Waals surface area (Å²) in [6, 6.07) is 1.58. The van der Waals surface area contributed by atoms with Gasteiger partial charge in [0, 0.05) is 5.69 Å². The molecule has 0 aliphatic heterocycles. The second kappa shape index (κ2) is 6.17. The van der Waals surface area contributed by atoms with Gasteiger partial charge in [-0.2, -0.15) is 0 Å². The smallest absolute Gasteiger partial charge is 0.307 e. The summed E-state index contributed by atoms with van der Waals surface area (Å²) in [5.41, 5.74) is 0.638. The molecule has 2 atom stereocenters. The number of amides is 1. The molecule has 108 valence electrons. The summed E-state index contributed by atoms with van der Waals surface area (Å²) >= 11 is 5.80. The molecule has 6 nitrogen and oxygen atoms in total. The van der Waals surface area contributed by atoms with Crippen molar-refractivity contribution in [3.63, 3.8) is 0 Å². The minimum Gasteiger partial charge on any atom is -0.481 e.